The molecule has 3 rings (SSSR count). The monoisotopic (exact) mass is 306 g/mol. The van der Waals surface area contributed by atoms with Gasteiger partial charge in [0, 0.05) is 23.4 Å². The lowest BCUT2D eigenvalue weighted by Crippen LogP contribution is -2.01. The van der Waals surface area contributed by atoms with Gasteiger partial charge in [-0.15, -0.1) is 0 Å². The van der Waals surface area contributed by atoms with E-state index in [1.54, 1.807) is 12.1 Å². The van der Waals surface area contributed by atoms with Crippen LogP contribution in [0.3, 0.4) is 0 Å². The zero-order valence-corrected chi connectivity index (χ0v) is 12.7. The second-order valence-corrected chi connectivity index (χ2v) is 5.36. The molecule has 2 aromatic heterocycles. The summed E-state index contributed by atoms with van der Waals surface area (Å²) < 4.78 is 1.96. The molecule has 1 aromatic carbocycles. The van der Waals surface area contributed by atoms with Gasteiger partial charge in [0.1, 0.15) is 5.65 Å². The third-order valence-corrected chi connectivity index (χ3v) is 3.83. The predicted octanol–water partition coefficient (Wildman–Crippen LogP) is 3.85. The number of imidazole rings is 1. The van der Waals surface area contributed by atoms with E-state index in [-0.39, 0.29) is 11.6 Å². The average Bonchev–Trinajstić information content (AvgIpc) is 2.95. The van der Waals surface area contributed by atoms with E-state index in [1.807, 2.05) is 36.4 Å². The fourth-order valence-corrected chi connectivity index (χ4v) is 2.69. The summed E-state index contributed by atoms with van der Waals surface area (Å²) in [6.07, 6.45) is 0. The highest BCUT2D eigenvalue weighted by atomic mass is 16.6. The molecule has 0 saturated carbocycles. The number of fused-ring (bicyclic) bond motifs is 1. The minimum Gasteiger partial charge on any atom is -0.299 e. The Hall–Kier alpha value is -3.20. The molecular weight excluding hydrogens is 292 g/mol. The Morgan fingerprint density at radius 3 is 2.57 bits per heavy atom. The zero-order valence-electron chi connectivity index (χ0n) is 12.7. The number of nitriles is 1. The molecular formula is C17H14N4O2. The van der Waals surface area contributed by atoms with E-state index in [9.17, 15) is 15.4 Å². The predicted molar refractivity (Wildman–Crippen MR) is 86.0 cm³/mol. The van der Waals surface area contributed by atoms with Crippen molar-refractivity contribution in [3.05, 3.63) is 64.0 Å². The van der Waals surface area contributed by atoms with Crippen LogP contribution in [0, 0.1) is 28.4 Å². The molecule has 0 spiro atoms. The van der Waals surface area contributed by atoms with Gasteiger partial charge < -0.3 is 0 Å². The van der Waals surface area contributed by atoms with Crippen LogP contribution in [-0.2, 0) is 0 Å². The van der Waals surface area contributed by atoms with Crippen LogP contribution in [0.2, 0.25) is 0 Å². The topological polar surface area (TPSA) is 84.2 Å². The van der Waals surface area contributed by atoms with Crippen LogP contribution in [0.15, 0.2) is 42.5 Å². The number of non-ortho nitro benzene ring substituents is 1. The third kappa shape index (κ3) is 2.42. The van der Waals surface area contributed by atoms with Gasteiger partial charge in [0.15, 0.2) is 0 Å². The molecule has 114 valence electrons. The molecule has 0 radical (unpaired) electrons. The Bertz CT molecular complexity index is 936. The maximum Gasteiger partial charge on any atom is 0.269 e. The summed E-state index contributed by atoms with van der Waals surface area (Å²) in [6, 6.07) is 14.3. The minimum atomic E-state index is -0.434. The first-order valence-corrected chi connectivity index (χ1v) is 7.15. The van der Waals surface area contributed by atoms with E-state index >= 15 is 0 Å². The molecule has 23 heavy (non-hydrogen) atoms. The van der Waals surface area contributed by atoms with Crippen molar-refractivity contribution in [2.24, 2.45) is 0 Å². The highest BCUT2D eigenvalue weighted by Gasteiger charge is 2.20. The first-order valence-electron chi connectivity index (χ1n) is 7.15. The number of hydrogen-bond acceptors (Lipinski definition) is 4. The summed E-state index contributed by atoms with van der Waals surface area (Å²) in [5.41, 5.74) is 4.02. The molecule has 0 saturated heterocycles. The summed E-state index contributed by atoms with van der Waals surface area (Å²) in [4.78, 5) is 15.0. The normalized spacial score (nSPS) is 12.0. The van der Waals surface area contributed by atoms with Crippen molar-refractivity contribution < 1.29 is 4.92 Å². The van der Waals surface area contributed by atoms with Crippen LogP contribution in [0.5, 0.6) is 0 Å². The molecule has 1 unspecified atom stereocenters. The Balaban J connectivity index is 2.26. The van der Waals surface area contributed by atoms with Crippen molar-refractivity contribution in [3.63, 3.8) is 0 Å². The molecule has 6 heteroatoms. The van der Waals surface area contributed by atoms with Gasteiger partial charge in [-0.05, 0) is 38.1 Å². The van der Waals surface area contributed by atoms with Crippen molar-refractivity contribution in [1.82, 2.24) is 9.38 Å². The molecule has 6 nitrogen and oxygen atoms in total. The molecule has 1 atom stereocenters. The highest BCUT2D eigenvalue weighted by Crippen LogP contribution is 2.31. The van der Waals surface area contributed by atoms with Gasteiger partial charge in [0.2, 0.25) is 0 Å². The van der Waals surface area contributed by atoms with Crippen LogP contribution in [0.25, 0.3) is 16.9 Å². The standard InChI is InChI=1S/C17H14N4O2/c1-11(10-18)17-16(13-6-8-14(9-7-13)21(22)23)19-15-5-3-4-12(2)20(15)17/h3-9,11H,1-2H3. The SMILES string of the molecule is Cc1cccc2nc(-c3ccc([N+](=O)[O-])cc3)c(C(C)C#N)n12. The lowest BCUT2D eigenvalue weighted by Gasteiger charge is -2.09. The first-order chi connectivity index (χ1) is 11.0. The van der Waals surface area contributed by atoms with Crippen LogP contribution in [-0.4, -0.2) is 14.3 Å². The highest BCUT2D eigenvalue weighted by molar-refractivity contribution is 5.69. The number of rotatable bonds is 3. The van der Waals surface area contributed by atoms with E-state index in [2.05, 4.69) is 11.1 Å². The van der Waals surface area contributed by atoms with Crippen LogP contribution in [0.1, 0.15) is 24.2 Å². The second-order valence-electron chi connectivity index (χ2n) is 5.36. The van der Waals surface area contributed by atoms with Gasteiger partial charge in [0.25, 0.3) is 5.69 Å². The molecule has 3 aromatic rings. The fourth-order valence-electron chi connectivity index (χ4n) is 2.69. The quantitative estimate of drug-likeness (QED) is 0.543. The molecule has 0 N–H and O–H groups in total. The molecule has 0 bridgehead atoms. The Kier molecular flexibility index (Phi) is 3.54. The van der Waals surface area contributed by atoms with Gasteiger partial charge in [-0.3, -0.25) is 14.5 Å². The van der Waals surface area contributed by atoms with Crippen molar-refractivity contribution in [2.45, 2.75) is 19.8 Å². The zero-order chi connectivity index (χ0) is 16.6. The lowest BCUT2D eigenvalue weighted by atomic mass is 10.0. The van der Waals surface area contributed by atoms with E-state index in [1.165, 1.54) is 12.1 Å². The molecule has 0 aliphatic carbocycles. The summed E-state index contributed by atoms with van der Waals surface area (Å²) in [6.45, 7) is 3.78. The summed E-state index contributed by atoms with van der Waals surface area (Å²) >= 11 is 0. The maximum absolute atomic E-state index is 10.8. The molecule has 2 heterocycles. The Morgan fingerprint density at radius 1 is 1.26 bits per heavy atom. The summed E-state index contributed by atoms with van der Waals surface area (Å²) in [5, 5.41) is 20.2. The van der Waals surface area contributed by atoms with E-state index in [0.717, 1.165) is 22.6 Å². The first kappa shape index (κ1) is 14.7. The van der Waals surface area contributed by atoms with Crippen LogP contribution < -0.4 is 0 Å². The summed E-state index contributed by atoms with van der Waals surface area (Å²) in [7, 11) is 0. The molecule has 0 aliphatic rings. The third-order valence-electron chi connectivity index (χ3n) is 3.83. The number of hydrogen-bond donors (Lipinski definition) is 0. The van der Waals surface area contributed by atoms with Gasteiger partial charge in [-0.25, -0.2) is 4.98 Å². The van der Waals surface area contributed by atoms with Crippen molar-refractivity contribution >= 4 is 11.3 Å². The largest absolute Gasteiger partial charge is 0.299 e. The Morgan fingerprint density at radius 2 is 1.96 bits per heavy atom. The number of nitro benzene ring substituents is 1. The van der Waals surface area contributed by atoms with Gasteiger partial charge in [-0.2, -0.15) is 5.26 Å². The summed E-state index contributed by atoms with van der Waals surface area (Å²) in [5.74, 6) is -0.351. The average molecular weight is 306 g/mol. The van der Waals surface area contributed by atoms with E-state index in [4.69, 9.17) is 0 Å². The lowest BCUT2D eigenvalue weighted by molar-refractivity contribution is -0.384. The van der Waals surface area contributed by atoms with E-state index < -0.39 is 4.92 Å². The molecule has 0 amide bonds. The van der Waals surface area contributed by atoms with Crippen molar-refractivity contribution in [3.8, 4) is 17.3 Å². The number of aryl methyl sites for hydroxylation is 1. The molecule has 0 aliphatic heterocycles. The van der Waals surface area contributed by atoms with Crippen molar-refractivity contribution in [2.75, 3.05) is 0 Å². The van der Waals surface area contributed by atoms with Gasteiger partial charge >= 0.3 is 0 Å². The fraction of sp³-hybridized carbons (Fsp3) is 0.176. The molecule has 0 fully saturated rings. The van der Waals surface area contributed by atoms with Crippen LogP contribution >= 0.6 is 0 Å². The van der Waals surface area contributed by atoms with Gasteiger partial charge in [-0.1, -0.05) is 6.07 Å². The number of pyridine rings is 1. The number of aromatic nitrogens is 2. The van der Waals surface area contributed by atoms with Crippen LogP contribution in [0.4, 0.5) is 5.69 Å². The van der Waals surface area contributed by atoms with Crippen molar-refractivity contribution in [1.29, 1.82) is 5.26 Å². The number of benzene rings is 1. The van der Waals surface area contributed by atoms with E-state index in [0.29, 0.717) is 5.69 Å². The minimum absolute atomic E-state index is 0.0311. The Labute approximate surface area is 132 Å². The second kappa shape index (κ2) is 5.54. The smallest absolute Gasteiger partial charge is 0.269 e. The maximum atomic E-state index is 10.8. The number of nitro groups is 1. The van der Waals surface area contributed by atoms with Gasteiger partial charge in [0.05, 0.1) is 28.3 Å². The number of nitrogens with zero attached hydrogens (tertiary/aromatic N) is 4.